The predicted molar refractivity (Wildman–Crippen MR) is 73.7 cm³/mol. The first-order chi connectivity index (χ1) is 9.72. The molecule has 1 aromatic rings. The lowest BCUT2D eigenvalue weighted by molar-refractivity contribution is -0.154. The second kappa shape index (κ2) is 5.44. The number of carbonyl (C=O) groups excluding carboxylic acids is 1. The Bertz CT molecular complexity index is 507. The van der Waals surface area contributed by atoms with E-state index in [1.807, 2.05) is 18.2 Å². The molecule has 1 aromatic carbocycles. The Morgan fingerprint density at radius 2 is 2.20 bits per heavy atom. The summed E-state index contributed by atoms with van der Waals surface area (Å²) < 4.78 is 16.2. The number of benzene rings is 1. The second-order valence-electron chi connectivity index (χ2n) is 5.39. The minimum absolute atomic E-state index is 0.119. The van der Waals surface area contributed by atoms with Crippen molar-refractivity contribution in [3.05, 3.63) is 29.3 Å². The van der Waals surface area contributed by atoms with E-state index in [0.717, 1.165) is 42.6 Å². The number of aryl methyl sites for hydroxylation is 1. The van der Waals surface area contributed by atoms with Crippen molar-refractivity contribution in [2.45, 2.75) is 50.9 Å². The molecule has 1 saturated carbocycles. The van der Waals surface area contributed by atoms with Crippen molar-refractivity contribution in [2.75, 3.05) is 7.11 Å². The molecule has 2 fully saturated rings. The van der Waals surface area contributed by atoms with Crippen LogP contribution in [0.4, 0.5) is 0 Å². The predicted octanol–water partition coefficient (Wildman–Crippen LogP) is 2.79. The highest BCUT2D eigenvalue weighted by Crippen LogP contribution is 2.42. The molecule has 0 N–H and O–H groups in total. The van der Waals surface area contributed by atoms with Crippen LogP contribution < -0.4 is 4.74 Å². The van der Waals surface area contributed by atoms with Gasteiger partial charge in [-0.2, -0.15) is 0 Å². The first-order valence-electron chi connectivity index (χ1n) is 7.25. The van der Waals surface area contributed by atoms with E-state index in [4.69, 9.17) is 14.2 Å². The van der Waals surface area contributed by atoms with Crippen LogP contribution in [-0.2, 0) is 20.7 Å². The lowest BCUT2D eigenvalue weighted by Gasteiger charge is -2.24. The van der Waals surface area contributed by atoms with Gasteiger partial charge in [0.2, 0.25) is 0 Å². The van der Waals surface area contributed by atoms with Crippen LogP contribution in [0.5, 0.6) is 5.75 Å². The van der Waals surface area contributed by atoms with Gasteiger partial charge in [-0.25, -0.2) is 4.79 Å². The summed E-state index contributed by atoms with van der Waals surface area (Å²) in [5, 5.41) is 0. The summed E-state index contributed by atoms with van der Waals surface area (Å²) in [7, 11) is 1.65. The maximum atomic E-state index is 11.9. The molecular weight excluding hydrogens is 256 g/mol. The number of rotatable bonds is 5. The molecule has 1 aliphatic heterocycles. The number of esters is 1. The Kier molecular flexibility index (Phi) is 3.66. The average molecular weight is 276 g/mol. The fourth-order valence-electron chi connectivity index (χ4n) is 2.54. The molecule has 0 radical (unpaired) electrons. The Hall–Kier alpha value is -1.55. The molecular formula is C16H20O4. The van der Waals surface area contributed by atoms with Gasteiger partial charge in [0, 0.05) is 0 Å². The van der Waals surface area contributed by atoms with Gasteiger partial charge in [0.25, 0.3) is 0 Å². The van der Waals surface area contributed by atoms with Crippen molar-refractivity contribution < 1.29 is 19.0 Å². The average Bonchev–Trinajstić information content (AvgIpc) is 3.22. The third kappa shape index (κ3) is 2.52. The number of methoxy groups -OCH3 is 1. The minimum atomic E-state index is -0.422. The number of hydrogen-bond donors (Lipinski definition) is 0. The molecule has 0 spiro atoms. The van der Waals surface area contributed by atoms with Crippen LogP contribution in [-0.4, -0.2) is 25.3 Å². The fourth-order valence-corrected chi connectivity index (χ4v) is 2.54. The number of epoxide rings is 1. The molecule has 0 bridgehead atoms. The monoisotopic (exact) mass is 276 g/mol. The zero-order valence-electron chi connectivity index (χ0n) is 11.9. The van der Waals surface area contributed by atoms with E-state index in [9.17, 15) is 4.79 Å². The largest absolute Gasteiger partial charge is 0.497 e. The topological polar surface area (TPSA) is 48.1 Å². The van der Waals surface area contributed by atoms with Gasteiger partial charge in [-0.3, -0.25) is 0 Å². The van der Waals surface area contributed by atoms with Crippen LogP contribution in [0.15, 0.2) is 18.2 Å². The summed E-state index contributed by atoms with van der Waals surface area (Å²) in [6, 6.07) is 5.90. The normalized spacial score (nSPS) is 24.9. The van der Waals surface area contributed by atoms with Crippen LogP contribution in [0.1, 0.15) is 43.4 Å². The van der Waals surface area contributed by atoms with E-state index in [2.05, 4.69) is 6.92 Å². The Balaban J connectivity index is 1.67. The molecule has 1 aliphatic carbocycles. The lowest BCUT2D eigenvalue weighted by Crippen LogP contribution is -2.27. The summed E-state index contributed by atoms with van der Waals surface area (Å²) in [4.78, 5) is 11.9. The highest BCUT2D eigenvalue weighted by Gasteiger charge is 2.49. The van der Waals surface area contributed by atoms with Gasteiger partial charge in [-0.1, -0.05) is 13.0 Å². The Morgan fingerprint density at radius 1 is 1.40 bits per heavy atom. The fraction of sp³-hybridized carbons (Fsp3) is 0.562. The zero-order chi connectivity index (χ0) is 14.1. The third-order valence-corrected chi connectivity index (χ3v) is 4.10. The van der Waals surface area contributed by atoms with Gasteiger partial charge in [-0.15, -0.1) is 0 Å². The maximum absolute atomic E-state index is 11.9. The van der Waals surface area contributed by atoms with Crippen molar-refractivity contribution in [2.24, 2.45) is 0 Å². The number of hydrogen-bond acceptors (Lipinski definition) is 4. The van der Waals surface area contributed by atoms with Crippen LogP contribution in [0.2, 0.25) is 0 Å². The van der Waals surface area contributed by atoms with Crippen LogP contribution in [0.25, 0.3) is 0 Å². The van der Waals surface area contributed by atoms with E-state index >= 15 is 0 Å². The molecule has 1 heterocycles. The van der Waals surface area contributed by atoms with Crippen molar-refractivity contribution in [1.29, 1.82) is 0 Å². The van der Waals surface area contributed by atoms with Gasteiger partial charge in [-0.05, 0) is 48.9 Å². The Morgan fingerprint density at radius 3 is 2.80 bits per heavy atom. The van der Waals surface area contributed by atoms with Gasteiger partial charge in [0.05, 0.1) is 7.11 Å². The van der Waals surface area contributed by atoms with E-state index in [0.29, 0.717) is 0 Å². The van der Waals surface area contributed by atoms with E-state index in [-0.39, 0.29) is 18.2 Å². The molecule has 2 atom stereocenters. The van der Waals surface area contributed by atoms with Crippen LogP contribution in [0, 0.1) is 0 Å². The standard InChI is InChI=1S/C16H20O4/c1-3-10-9-12(18-2)7-8-13(10)14-15(20-14)16(17)19-11-5-4-6-11/h7-9,11,14-15H,3-6H2,1-2H3. The van der Waals surface area contributed by atoms with Crippen molar-refractivity contribution in [3.8, 4) is 5.75 Å². The molecule has 1 saturated heterocycles. The maximum Gasteiger partial charge on any atom is 0.338 e. The van der Waals surface area contributed by atoms with Crippen LogP contribution in [0.3, 0.4) is 0 Å². The number of carbonyl (C=O) groups is 1. The molecule has 108 valence electrons. The van der Waals surface area contributed by atoms with Gasteiger partial charge in [0.1, 0.15) is 18.0 Å². The molecule has 2 aliphatic rings. The highest BCUT2D eigenvalue weighted by atomic mass is 16.6. The summed E-state index contributed by atoms with van der Waals surface area (Å²) in [5.74, 6) is 0.623. The van der Waals surface area contributed by atoms with Crippen molar-refractivity contribution >= 4 is 5.97 Å². The summed E-state index contributed by atoms with van der Waals surface area (Å²) >= 11 is 0. The van der Waals surface area contributed by atoms with Crippen molar-refractivity contribution in [1.82, 2.24) is 0 Å². The van der Waals surface area contributed by atoms with Gasteiger partial charge >= 0.3 is 5.97 Å². The SMILES string of the molecule is CCc1cc(OC)ccc1C1OC1C(=O)OC1CCC1. The first-order valence-corrected chi connectivity index (χ1v) is 7.25. The quantitative estimate of drug-likeness (QED) is 0.613. The lowest BCUT2D eigenvalue weighted by atomic mass is 9.96. The third-order valence-electron chi connectivity index (χ3n) is 4.10. The van der Waals surface area contributed by atoms with E-state index in [1.54, 1.807) is 7.11 Å². The first kappa shape index (κ1) is 13.4. The molecule has 20 heavy (non-hydrogen) atoms. The number of ether oxygens (including phenoxy) is 3. The summed E-state index contributed by atoms with van der Waals surface area (Å²) in [5.41, 5.74) is 2.23. The van der Waals surface area contributed by atoms with Gasteiger partial charge in [0.15, 0.2) is 6.10 Å². The molecule has 4 nitrogen and oxygen atoms in total. The van der Waals surface area contributed by atoms with Crippen molar-refractivity contribution in [3.63, 3.8) is 0 Å². The molecule has 2 unspecified atom stereocenters. The minimum Gasteiger partial charge on any atom is -0.497 e. The Labute approximate surface area is 119 Å². The molecule has 0 amide bonds. The molecule has 0 aromatic heterocycles. The summed E-state index contributed by atoms with van der Waals surface area (Å²) in [6.07, 6.45) is 3.58. The zero-order valence-corrected chi connectivity index (χ0v) is 11.9. The smallest absolute Gasteiger partial charge is 0.338 e. The molecule has 3 rings (SSSR count). The van der Waals surface area contributed by atoms with E-state index in [1.165, 1.54) is 0 Å². The van der Waals surface area contributed by atoms with Crippen LogP contribution >= 0.6 is 0 Å². The second-order valence-corrected chi connectivity index (χ2v) is 5.39. The highest BCUT2D eigenvalue weighted by molar-refractivity contribution is 5.78. The van der Waals surface area contributed by atoms with Gasteiger partial charge < -0.3 is 14.2 Å². The summed E-state index contributed by atoms with van der Waals surface area (Å²) in [6.45, 7) is 2.09. The van der Waals surface area contributed by atoms with E-state index < -0.39 is 6.10 Å². The molecule has 4 heteroatoms.